The van der Waals surface area contributed by atoms with Crippen LogP contribution in [0.1, 0.15) is 36.5 Å². The predicted molar refractivity (Wildman–Crippen MR) is 103 cm³/mol. The first-order valence-electron chi connectivity index (χ1n) is 9.08. The number of benzene rings is 1. The second kappa shape index (κ2) is 7.19. The topological polar surface area (TPSA) is 88.4 Å². The molecule has 0 spiro atoms. The van der Waals surface area contributed by atoms with Crippen LogP contribution in [0.5, 0.6) is 0 Å². The average Bonchev–Trinajstić information content (AvgIpc) is 3.37. The van der Waals surface area contributed by atoms with Gasteiger partial charge in [0, 0.05) is 42.5 Å². The van der Waals surface area contributed by atoms with Gasteiger partial charge in [0.25, 0.3) is 5.91 Å². The van der Waals surface area contributed by atoms with Crippen molar-refractivity contribution in [3.63, 3.8) is 0 Å². The van der Waals surface area contributed by atoms with Crippen molar-refractivity contribution >= 4 is 23.2 Å². The third-order valence-electron chi connectivity index (χ3n) is 4.55. The highest BCUT2D eigenvalue weighted by Crippen LogP contribution is 2.24. The Bertz CT molecular complexity index is 989. The predicted octanol–water partition coefficient (Wildman–Crippen LogP) is 2.68. The molecule has 1 amide bonds. The number of anilines is 1. The molecule has 138 valence electrons. The van der Waals surface area contributed by atoms with Crippen molar-refractivity contribution in [3.05, 3.63) is 48.4 Å². The Balaban J connectivity index is 1.56. The number of carbonyl (C=O) groups excluding carboxylic acids is 2. The molecule has 2 aromatic heterocycles. The van der Waals surface area contributed by atoms with E-state index in [1.165, 1.54) is 0 Å². The fourth-order valence-corrected chi connectivity index (χ4v) is 2.90. The number of fused-ring (bicyclic) bond motifs is 1. The fourth-order valence-electron chi connectivity index (χ4n) is 2.90. The maximum atomic E-state index is 12.1. The van der Waals surface area contributed by atoms with E-state index in [2.05, 4.69) is 20.6 Å². The van der Waals surface area contributed by atoms with E-state index in [1.54, 1.807) is 19.3 Å². The normalized spacial score (nSPS) is 13.5. The second-order valence-corrected chi connectivity index (χ2v) is 6.82. The Morgan fingerprint density at radius 1 is 1.19 bits per heavy atom. The van der Waals surface area contributed by atoms with Crippen LogP contribution in [-0.4, -0.2) is 38.6 Å². The van der Waals surface area contributed by atoms with Crippen LogP contribution in [0.15, 0.2) is 42.9 Å². The maximum absolute atomic E-state index is 12.1. The number of carbonyl (C=O) groups is 2. The molecule has 0 unspecified atom stereocenters. The molecule has 0 saturated heterocycles. The maximum Gasteiger partial charge on any atom is 0.251 e. The average molecular weight is 363 g/mol. The van der Waals surface area contributed by atoms with Crippen LogP contribution < -0.4 is 10.6 Å². The number of rotatable bonds is 7. The lowest BCUT2D eigenvalue weighted by Gasteiger charge is -2.08. The third-order valence-corrected chi connectivity index (χ3v) is 4.55. The first-order chi connectivity index (χ1) is 13.1. The van der Waals surface area contributed by atoms with Gasteiger partial charge in [0.2, 0.25) is 0 Å². The van der Waals surface area contributed by atoms with Gasteiger partial charge >= 0.3 is 0 Å². The number of hydrogen-bond donors (Lipinski definition) is 2. The van der Waals surface area contributed by atoms with Crippen LogP contribution in [0, 0.1) is 0 Å². The SMILES string of the molecule is CC(=O)CCNc1nccn2c(-c3ccc(C(=O)NC4CC4)cc3)cnc12. The van der Waals surface area contributed by atoms with Crippen molar-refractivity contribution in [3.8, 4) is 11.3 Å². The Morgan fingerprint density at radius 3 is 2.67 bits per heavy atom. The zero-order valence-corrected chi connectivity index (χ0v) is 15.1. The first-order valence-corrected chi connectivity index (χ1v) is 9.08. The molecule has 1 aromatic carbocycles. The van der Waals surface area contributed by atoms with Gasteiger partial charge < -0.3 is 10.6 Å². The van der Waals surface area contributed by atoms with Gasteiger partial charge in [-0.1, -0.05) is 12.1 Å². The van der Waals surface area contributed by atoms with Crippen LogP contribution in [-0.2, 0) is 4.79 Å². The van der Waals surface area contributed by atoms with E-state index in [0.717, 1.165) is 24.1 Å². The molecule has 1 aliphatic carbocycles. The molecule has 0 bridgehead atoms. The lowest BCUT2D eigenvalue weighted by molar-refractivity contribution is -0.116. The summed E-state index contributed by atoms with van der Waals surface area (Å²) >= 11 is 0. The molecule has 1 fully saturated rings. The van der Waals surface area contributed by atoms with E-state index in [-0.39, 0.29) is 11.7 Å². The molecule has 4 rings (SSSR count). The molecule has 3 aromatic rings. The number of ketones is 1. The molecule has 2 heterocycles. The van der Waals surface area contributed by atoms with E-state index < -0.39 is 0 Å². The lowest BCUT2D eigenvalue weighted by atomic mass is 10.1. The lowest BCUT2D eigenvalue weighted by Crippen LogP contribution is -2.25. The van der Waals surface area contributed by atoms with Gasteiger partial charge in [-0.25, -0.2) is 9.97 Å². The van der Waals surface area contributed by atoms with Gasteiger partial charge in [0.05, 0.1) is 11.9 Å². The summed E-state index contributed by atoms with van der Waals surface area (Å²) in [6, 6.07) is 7.86. The summed E-state index contributed by atoms with van der Waals surface area (Å²) < 4.78 is 1.95. The van der Waals surface area contributed by atoms with Crippen molar-refractivity contribution in [2.75, 3.05) is 11.9 Å². The summed E-state index contributed by atoms with van der Waals surface area (Å²) in [6.07, 6.45) is 7.92. The van der Waals surface area contributed by atoms with E-state index in [1.807, 2.05) is 34.9 Å². The van der Waals surface area contributed by atoms with Crippen LogP contribution >= 0.6 is 0 Å². The van der Waals surface area contributed by atoms with E-state index >= 15 is 0 Å². The van der Waals surface area contributed by atoms with Gasteiger partial charge in [-0.05, 0) is 31.9 Å². The second-order valence-electron chi connectivity index (χ2n) is 6.82. The molecule has 7 heteroatoms. The Labute approximate surface area is 156 Å². The standard InChI is InChI=1S/C20H21N5O2/c1-13(26)8-9-21-18-19-23-12-17(25(19)11-10-22-18)14-2-4-15(5-3-14)20(27)24-16-6-7-16/h2-5,10-12,16H,6-9H2,1H3,(H,21,22)(H,24,27). The smallest absolute Gasteiger partial charge is 0.251 e. The van der Waals surface area contributed by atoms with Gasteiger partial charge in [-0.15, -0.1) is 0 Å². The number of nitrogens with zero attached hydrogens (tertiary/aromatic N) is 3. The van der Waals surface area contributed by atoms with Crippen molar-refractivity contribution < 1.29 is 9.59 Å². The van der Waals surface area contributed by atoms with E-state index in [4.69, 9.17) is 0 Å². The largest absolute Gasteiger partial charge is 0.367 e. The molecule has 0 aliphatic heterocycles. The van der Waals surface area contributed by atoms with Crippen molar-refractivity contribution in [1.82, 2.24) is 19.7 Å². The zero-order valence-electron chi connectivity index (χ0n) is 15.1. The molecule has 0 radical (unpaired) electrons. The molecule has 0 atom stereocenters. The van der Waals surface area contributed by atoms with Crippen LogP contribution in [0.3, 0.4) is 0 Å². The number of hydrogen-bond acceptors (Lipinski definition) is 5. The molecular formula is C20H21N5O2. The van der Waals surface area contributed by atoms with Gasteiger partial charge in [0.15, 0.2) is 11.5 Å². The number of amides is 1. The highest BCUT2D eigenvalue weighted by Gasteiger charge is 2.23. The molecule has 1 aliphatic rings. The summed E-state index contributed by atoms with van der Waals surface area (Å²) in [5, 5.41) is 6.16. The van der Waals surface area contributed by atoms with E-state index in [0.29, 0.717) is 36.0 Å². The van der Waals surface area contributed by atoms with Crippen LogP contribution in [0.25, 0.3) is 16.9 Å². The Morgan fingerprint density at radius 2 is 1.96 bits per heavy atom. The summed E-state index contributed by atoms with van der Waals surface area (Å²) in [5.74, 6) is 0.748. The summed E-state index contributed by atoms with van der Waals surface area (Å²) in [7, 11) is 0. The van der Waals surface area contributed by atoms with Gasteiger partial charge in [0.1, 0.15) is 5.78 Å². The summed E-state index contributed by atoms with van der Waals surface area (Å²) in [5.41, 5.74) is 3.24. The number of Topliss-reactive ketones (excluding diaryl/α,β-unsaturated/α-hetero) is 1. The van der Waals surface area contributed by atoms with Gasteiger partial charge in [-0.3, -0.25) is 14.0 Å². The highest BCUT2D eigenvalue weighted by molar-refractivity contribution is 5.95. The van der Waals surface area contributed by atoms with Gasteiger partial charge in [-0.2, -0.15) is 0 Å². The Kier molecular flexibility index (Phi) is 4.58. The van der Waals surface area contributed by atoms with Crippen molar-refractivity contribution in [1.29, 1.82) is 0 Å². The molecule has 27 heavy (non-hydrogen) atoms. The highest BCUT2D eigenvalue weighted by atomic mass is 16.1. The number of imidazole rings is 1. The van der Waals surface area contributed by atoms with Crippen molar-refractivity contribution in [2.24, 2.45) is 0 Å². The molecule has 1 saturated carbocycles. The first kappa shape index (κ1) is 17.2. The number of aromatic nitrogens is 3. The minimum absolute atomic E-state index is 0.0247. The minimum Gasteiger partial charge on any atom is -0.367 e. The zero-order chi connectivity index (χ0) is 18.8. The fraction of sp³-hybridized carbons (Fsp3) is 0.300. The molecular weight excluding hydrogens is 342 g/mol. The molecule has 7 nitrogen and oxygen atoms in total. The minimum atomic E-state index is -0.0247. The van der Waals surface area contributed by atoms with E-state index in [9.17, 15) is 9.59 Å². The summed E-state index contributed by atoms with van der Waals surface area (Å²) in [6.45, 7) is 2.09. The summed E-state index contributed by atoms with van der Waals surface area (Å²) in [4.78, 5) is 32.0. The molecule has 2 N–H and O–H groups in total. The monoisotopic (exact) mass is 363 g/mol. The quantitative estimate of drug-likeness (QED) is 0.674. The number of nitrogens with one attached hydrogen (secondary N) is 2. The third kappa shape index (κ3) is 3.81. The van der Waals surface area contributed by atoms with Crippen LogP contribution in [0.2, 0.25) is 0 Å². The Hall–Kier alpha value is -3.22. The van der Waals surface area contributed by atoms with Crippen LogP contribution in [0.4, 0.5) is 5.82 Å². The van der Waals surface area contributed by atoms with Crippen molar-refractivity contribution in [2.45, 2.75) is 32.2 Å².